The fourth-order valence-corrected chi connectivity index (χ4v) is 3.90. The quantitative estimate of drug-likeness (QED) is 0.777. The van der Waals surface area contributed by atoms with Crippen molar-refractivity contribution in [3.63, 3.8) is 0 Å². The fourth-order valence-electron chi connectivity index (χ4n) is 3.90. The Bertz CT molecular complexity index is 609. The van der Waals surface area contributed by atoms with Crippen molar-refractivity contribution >= 4 is 5.91 Å². The number of rotatable bonds is 4. The molecule has 7 heteroatoms. The molecule has 1 heterocycles. The molecule has 0 spiro atoms. The summed E-state index contributed by atoms with van der Waals surface area (Å²) in [5.41, 5.74) is -1.25. The molecule has 1 atom stereocenters. The van der Waals surface area contributed by atoms with E-state index < -0.39 is 17.6 Å². The summed E-state index contributed by atoms with van der Waals surface area (Å²) in [6, 6.07) is 4.68. The van der Waals surface area contributed by atoms with Gasteiger partial charge in [-0.3, -0.25) is 4.79 Å². The molecule has 3 N–H and O–H groups in total. The van der Waals surface area contributed by atoms with Gasteiger partial charge in [0.05, 0.1) is 17.2 Å². The minimum atomic E-state index is -4.56. The van der Waals surface area contributed by atoms with Crippen LogP contribution in [-0.4, -0.2) is 36.2 Å². The molecule has 0 bridgehead atoms. The van der Waals surface area contributed by atoms with Gasteiger partial charge < -0.3 is 15.7 Å². The number of benzene rings is 1. The Morgan fingerprint density at radius 1 is 1.16 bits per heavy atom. The van der Waals surface area contributed by atoms with Gasteiger partial charge in [0.1, 0.15) is 0 Å². The molecule has 1 aromatic carbocycles. The zero-order chi connectivity index (χ0) is 18.0. The van der Waals surface area contributed by atoms with E-state index in [2.05, 4.69) is 10.6 Å². The monoisotopic (exact) mass is 356 g/mol. The topological polar surface area (TPSA) is 61.4 Å². The van der Waals surface area contributed by atoms with Crippen molar-refractivity contribution in [2.24, 2.45) is 11.8 Å². The van der Waals surface area contributed by atoms with Crippen LogP contribution in [0.4, 0.5) is 13.2 Å². The number of nitrogens with one attached hydrogen (secondary N) is 2. The van der Waals surface area contributed by atoms with Crippen LogP contribution in [0, 0.1) is 11.8 Å². The van der Waals surface area contributed by atoms with Crippen LogP contribution in [-0.2, 0) is 6.18 Å². The molecular weight excluding hydrogens is 333 g/mol. The molecule has 138 valence electrons. The Kier molecular flexibility index (Phi) is 5.34. The van der Waals surface area contributed by atoms with Gasteiger partial charge in [0.25, 0.3) is 5.91 Å². The standard InChI is InChI=1S/C18H23F3N2O2/c19-18(20,21)15-4-2-1-3-14(15)17(25)23-16(12-9-13(24)10-12)11-5-7-22-8-6-11/h1-4,11-13,16,22,24H,5-10H2,(H,23,25). The number of carbonyl (C=O) groups excluding carboxylic acids is 1. The second-order valence-corrected chi connectivity index (χ2v) is 7.02. The number of alkyl halides is 3. The number of carbonyl (C=O) groups is 1. The van der Waals surface area contributed by atoms with E-state index in [9.17, 15) is 23.1 Å². The van der Waals surface area contributed by atoms with Crippen LogP contribution in [0.25, 0.3) is 0 Å². The Morgan fingerprint density at radius 2 is 1.80 bits per heavy atom. The molecule has 4 nitrogen and oxygen atoms in total. The molecule has 1 aromatic rings. The number of halogens is 3. The lowest BCUT2D eigenvalue weighted by atomic mass is 9.71. The van der Waals surface area contributed by atoms with Crippen LogP contribution >= 0.6 is 0 Å². The van der Waals surface area contributed by atoms with Crippen LogP contribution in [0.15, 0.2) is 24.3 Å². The first kappa shape index (κ1) is 18.2. The Morgan fingerprint density at radius 3 is 2.40 bits per heavy atom. The van der Waals surface area contributed by atoms with E-state index in [1.165, 1.54) is 18.2 Å². The lowest BCUT2D eigenvalue weighted by molar-refractivity contribution is -0.137. The van der Waals surface area contributed by atoms with Crippen LogP contribution in [0.2, 0.25) is 0 Å². The van der Waals surface area contributed by atoms with Gasteiger partial charge in [-0.2, -0.15) is 13.2 Å². The zero-order valence-corrected chi connectivity index (χ0v) is 13.9. The van der Waals surface area contributed by atoms with E-state index in [1.807, 2.05) is 0 Å². The highest BCUT2D eigenvalue weighted by Crippen LogP contribution is 2.37. The van der Waals surface area contributed by atoms with Crippen molar-refractivity contribution < 1.29 is 23.1 Å². The first-order valence-electron chi connectivity index (χ1n) is 8.72. The first-order chi connectivity index (χ1) is 11.9. The van der Waals surface area contributed by atoms with E-state index in [-0.39, 0.29) is 29.5 Å². The number of aliphatic hydroxyl groups is 1. The molecule has 1 aliphatic heterocycles. The maximum absolute atomic E-state index is 13.2. The van der Waals surface area contributed by atoms with Gasteiger partial charge in [0.2, 0.25) is 0 Å². The smallest absolute Gasteiger partial charge is 0.393 e. The third-order valence-electron chi connectivity index (χ3n) is 5.32. The van der Waals surface area contributed by atoms with Gasteiger partial charge in [-0.15, -0.1) is 0 Å². The number of hydrogen-bond acceptors (Lipinski definition) is 3. The molecule has 25 heavy (non-hydrogen) atoms. The average molecular weight is 356 g/mol. The van der Waals surface area contributed by atoms with Gasteiger partial charge in [-0.25, -0.2) is 0 Å². The molecule has 1 amide bonds. The molecule has 1 saturated carbocycles. The van der Waals surface area contributed by atoms with E-state index >= 15 is 0 Å². The normalized spacial score (nSPS) is 25.9. The molecule has 2 aliphatic rings. The summed E-state index contributed by atoms with van der Waals surface area (Å²) in [5, 5.41) is 15.7. The zero-order valence-electron chi connectivity index (χ0n) is 13.9. The average Bonchev–Trinajstić information content (AvgIpc) is 2.57. The molecule has 0 radical (unpaired) electrons. The largest absolute Gasteiger partial charge is 0.417 e. The minimum absolute atomic E-state index is 0.125. The lowest BCUT2D eigenvalue weighted by Crippen LogP contribution is -2.53. The second kappa shape index (κ2) is 7.33. The maximum atomic E-state index is 13.2. The van der Waals surface area contributed by atoms with Crippen molar-refractivity contribution in [1.82, 2.24) is 10.6 Å². The summed E-state index contributed by atoms with van der Waals surface area (Å²) >= 11 is 0. The molecule has 0 aromatic heterocycles. The highest BCUT2D eigenvalue weighted by atomic mass is 19.4. The van der Waals surface area contributed by atoms with Crippen LogP contribution in [0.1, 0.15) is 41.6 Å². The van der Waals surface area contributed by atoms with Crippen molar-refractivity contribution in [2.75, 3.05) is 13.1 Å². The summed E-state index contributed by atoms with van der Waals surface area (Å²) in [6.45, 7) is 1.68. The van der Waals surface area contributed by atoms with Gasteiger partial charge in [-0.1, -0.05) is 12.1 Å². The van der Waals surface area contributed by atoms with Crippen molar-refractivity contribution in [2.45, 2.75) is 44.0 Å². The molecule has 2 fully saturated rings. The third-order valence-corrected chi connectivity index (χ3v) is 5.32. The molecular formula is C18H23F3N2O2. The van der Waals surface area contributed by atoms with E-state index in [1.54, 1.807) is 0 Å². The highest BCUT2D eigenvalue weighted by molar-refractivity contribution is 5.96. The lowest BCUT2D eigenvalue weighted by Gasteiger charge is -2.43. The maximum Gasteiger partial charge on any atom is 0.417 e. The van der Waals surface area contributed by atoms with Gasteiger partial charge in [0.15, 0.2) is 0 Å². The minimum Gasteiger partial charge on any atom is -0.393 e. The van der Waals surface area contributed by atoms with Gasteiger partial charge >= 0.3 is 6.18 Å². The van der Waals surface area contributed by atoms with E-state index in [0.29, 0.717) is 12.8 Å². The Balaban J connectivity index is 1.78. The summed E-state index contributed by atoms with van der Waals surface area (Å²) in [7, 11) is 0. The SMILES string of the molecule is O=C(NC(C1CCNCC1)C1CC(O)C1)c1ccccc1C(F)(F)F. The van der Waals surface area contributed by atoms with Gasteiger partial charge in [-0.05, 0) is 62.7 Å². The molecule has 1 saturated heterocycles. The number of amides is 1. The van der Waals surface area contributed by atoms with Gasteiger partial charge in [0, 0.05) is 6.04 Å². The van der Waals surface area contributed by atoms with Crippen molar-refractivity contribution in [1.29, 1.82) is 0 Å². The third kappa shape index (κ3) is 4.15. The molecule has 3 rings (SSSR count). The van der Waals surface area contributed by atoms with Crippen LogP contribution < -0.4 is 10.6 Å². The van der Waals surface area contributed by atoms with Crippen molar-refractivity contribution in [3.8, 4) is 0 Å². The molecule has 1 unspecified atom stereocenters. The predicted octanol–water partition coefficient (Wildman–Crippen LogP) is 2.57. The Hall–Kier alpha value is -1.60. The van der Waals surface area contributed by atoms with Crippen molar-refractivity contribution in [3.05, 3.63) is 35.4 Å². The van der Waals surface area contributed by atoms with Crippen LogP contribution in [0.3, 0.4) is 0 Å². The molecule has 1 aliphatic carbocycles. The predicted molar refractivity (Wildman–Crippen MR) is 87.0 cm³/mol. The highest BCUT2D eigenvalue weighted by Gasteiger charge is 2.40. The van der Waals surface area contributed by atoms with E-state index in [4.69, 9.17) is 0 Å². The summed E-state index contributed by atoms with van der Waals surface area (Å²) in [4.78, 5) is 12.6. The summed E-state index contributed by atoms with van der Waals surface area (Å²) in [5.74, 6) is -0.335. The summed E-state index contributed by atoms with van der Waals surface area (Å²) < 4.78 is 39.5. The van der Waals surface area contributed by atoms with E-state index in [0.717, 1.165) is 32.0 Å². The Labute approximate surface area is 144 Å². The number of piperidine rings is 1. The fraction of sp³-hybridized carbons (Fsp3) is 0.611. The first-order valence-corrected chi connectivity index (χ1v) is 8.72. The number of aliphatic hydroxyl groups excluding tert-OH is 1. The second-order valence-electron chi connectivity index (χ2n) is 7.02. The number of hydrogen-bond donors (Lipinski definition) is 3. The summed E-state index contributed by atoms with van der Waals surface area (Å²) in [6.07, 6.45) is -2.00. The van der Waals surface area contributed by atoms with Crippen LogP contribution in [0.5, 0.6) is 0 Å².